The van der Waals surface area contributed by atoms with E-state index in [0.29, 0.717) is 11.6 Å². The van der Waals surface area contributed by atoms with Crippen LogP contribution in [0.5, 0.6) is 0 Å². The highest BCUT2D eigenvalue weighted by Crippen LogP contribution is 2.39. The maximum Gasteiger partial charge on any atom is 0.274 e. The first kappa shape index (κ1) is 15.6. The Morgan fingerprint density at radius 1 is 1.12 bits per heavy atom. The molecule has 1 N–H and O–H groups in total. The maximum atomic E-state index is 13.0. The highest BCUT2D eigenvalue weighted by atomic mass is 16.2. The number of benzene rings is 2. The predicted octanol–water partition coefficient (Wildman–Crippen LogP) is 4.56. The molecule has 2 aromatic carbocycles. The van der Waals surface area contributed by atoms with Gasteiger partial charge in [0.1, 0.15) is 5.69 Å². The second-order valence-corrected chi connectivity index (χ2v) is 6.44. The van der Waals surface area contributed by atoms with Crippen molar-refractivity contribution in [3.63, 3.8) is 0 Å². The first-order chi connectivity index (χ1) is 12.3. The van der Waals surface area contributed by atoms with Gasteiger partial charge in [0.05, 0.1) is 11.4 Å². The molecule has 4 heteroatoms. The van der Waals surface area contributed by atoms with Gasteiger partial charge in [0.2, 0.25) is 0 Å². The summed E-state index contributed by atoms with van der Waals surface area (Å²) >= 11 is 0. The van der Waals surface area contributed by atoms with E-state index in [1.807, 2.05) is 60.7 Å². The summed E-state index contributed by atoms with van der Waals surface area (Å²) in [6, 6.07) is 19.7. The standard InChI is InChI=1S/C21H21N3O/c1-2-15-8-6-7-11-18(15)22-21(25)20-14-19(16-12-13-16)23-24(20)17-9-4-3-5-10-17/h3-11,14,16H,2,12-13H2,1H3,(H,22,25). The Hall–Kier alpha value is -2.88. The van der Waals surface area contributed by atoms with E-state index in [1.165, 1.54) is 0 Å². The Bertz CT molecular complexity index is 895. The Morgan fingerprint density at radius 2 is 1.84 bits per heavy atom. The smallest absolute Gasteiger partial charge is 0.274 e. The summed E-state index contributed by atoms with van der Waals surface area (Å²) in [4.78, 5) is 13.0. The Balaban J connectivity index is 1.70. The summed E-state index contributed by atoms with van der Waals surface area (Å²) in [5.41, 5.74) is 4.49. The fourth-order valence-electron chi connectivity index (χ4n) is 3.04. The van der Waals surface area contributed by atoms with E-state index in [2.05, 4.69) is 12.2 Å². The molecule has 0 unspecified atom stereocenters. The summed E-state index contributed by atoms with van der Waals surface area (Å²) in [5.74, 6) is 0.378. The molecule has 1 amide bonds. The summed E-state index contributed by atoms with van der Waals surface area (Å²) in [6.45, 7) is 2.09. The molecule has 0 spiro atoms. The average molecular weight is 331 g/mol. The molecular weight excluding hydrogens is 310 g/mol. The van der Waals surface area contributed by atoms with Gasteiger partial charge in [-0.3, -0.25) is 4.79 Å². The molecule has 0 aliphatic heterocycles. The zero-order valence-corrected chi connectivity index (χ0v) is 14.3. The van der Waals surface area contributed by atoms with Crippen molar-refractivity contribution in [3.05, 3.63) is 77.6 Å². The van der Waals surface area contributed by atoms with Gasteiger partial charge in [0, 0.05) is 11.6 Å². The van der Waals surface area contributed by atoms with Crippen LogP contribution in [0.15, 0.2) is 60.7 Å². The zero-order valence-electron chi connectivity index (χ0n) is 14.3. The van der Waals surface area contributed by atoms with Crippen molar-refractivity contribution in [3.8, 4) is 5.69 Å². The second kappa shape index (κ2) is 6.55. The van der Waals surface area contributed by atoms with Gasteiger partial charge in [-0.05, 0) is 49.1 Å². The number of para-hydroxylation sites is 2. The zero-order chi connectivity index (χ0) is 17.2. The molecule has 1 saturated carbocycles. The molecule has 0 saturated heterocycles. The summed E-state index contributed by atoms with van der Waals surface area (Å²) < 4.78 is 1.76. The minimum atomic E-state index is -0.121. The van der Waals surface area contributed by atoms with Gasteiger partial charge in [-0.2, -0.15) is 5.10 Å². The van der Waals surface area contributed by atoms with Crippen LogP contribution in [0, 0.1) is 0 Å². The van der Waals surface area contributed by atoms with E-state index in [1.54, 1.807) is 4.68 Å². The average Bonchev–Trinajstić information content (AvgIpc) is 3.41. The first-order valence-corrected chi connectivity index (χ1v) is 8.81. The molecule has 25 heavy (non-hydrogen) atoms. The summed E-state index contributed by atoms with van der Waals surface area (Å²) in [7, 11) is 0. The Labute approximate surface area is 147 Å². The molecule has 0 atom stereocenters. The first-order valence-electron chi connectivity index (χ1n) is 8.81. The fourth-order valence-corrected chi connectivity index (χ4v) is 3.04. The SMILES string of the molecule is CCc1ccccc1NC(=O)c1cc(C2CC2)nn1-c1ccccc1. The van der Waals surface area contributed by atoms with Crippen LogP contribution in [0.1, 0.15) is 47.4 Å². The maximum absolute atomic E-state index is 13.0. The molecule has 1 aliphatic rings. The van der Waals surface area contributed by atoms with Crippen LogP contribution in [0.3, 0.4) is 0 Å². The molecule has 0 radical (unpaired) electrons. The molecule has 1 aromatic heterocycles. The van der Waals surface area contributed by atoms with Crippen LogP contribution < -0.4 is 5.32 Å². The van der Waals surface area contributed by atoms with Crippen molar-refractivity contribution in [1.82, 2.24) is 9.78 Å². The van der Waals surface area contributed by atoms with E-state index >= 15 is 0 Å². The van der Waals surface area contributed by atoms with Crippen LogP contribution in [-0.2, 0) is 6.42 Å². The van der Waals surface area contributed by atoms with Crippen LogP contribution >= 0.6 is 0 Å². The van der Waals surface area contributed by atoms with Crippen molar-refractivity contribution in [2.24, 2.45) is 0 Å². The Morgan fingerprint density at radius 3 is 2.56 bits per heavy atom. The van der Waals surface area contributed by atoms with Gasteiger partial charge in [-0.1, -0.05) is 43.3 Å². The monoisotopic (exact) mass is 331 g/mol. The van der Waals surface area contributed by atoms with Crippen LogP contribution in [0.25, 0.3) is 5.69 Å². The third kappa shape index (κ3) is 3.20. The minimum absolute atomic E-state index is 0.121. The molecule has 1 heterocycles. The molecule has 4 nitrogen and oxygen atoms in total. The summed E-state index contributed by atoms with van der Waals surface area (Å²) in [6.07, 6.45) is 3.19. The fraction of sp³-hybridized carbons (Fsp3) is 0.238. The van der Waals surface area contributed by atoms with Crippen molar-refractivity contribution in [1.29, 1.82) is 0 Å². The van der Waals surface area contributed by atoms with Crippen molar-refractivity contribution >= 4 is 11.6 Å². The largest absolute Gasteiger partial charge is 0.320 e. The lowest BCUT2D eigenvalue weighted by atomic mass is 10.1. The number of carbonyl (C=O) groups excluding carboxylic acids is 1. The molecular formula is C21H21N3O. The number of anilines is 1. The van der Waals surface area contributed by atoms with E-state index < -0.39 is 0 Å². The van der Waals surface area contributed by atoms with Crippen LogP contribution in [0.4, 0.5) is 5.69 Å². The highest BCUT2D eigenvalue weighted by Gasteiger charge is 2.29. The third-order valence-corrected chi connectivity index (χ3v) is 4.60. The van der Waals surface area contributed by atoms with Crippen molar-refractivity contribution in [2.75, 3.05) is 5.32 Å². The molecule has 126 valence electrons. The van der Waals surface area contributed by atoms with Gasteiger partial charge in [0.15, 0.2) is 0 Å². The number of aromatic nitrogens is 2. The van der Waals surface area contributed by atoms with Crippen LogP contribution in [-0.4, -0.2) is 15.7 Å². The van der Waals surface area contributed by atoms with Gasteiger partial charge < -0.3 is 5.32 Å². The molecule has 3 aromatic rings. The normalized spacial score (nSPS) is 13.6. The highest BCUT2D eigenvalue weighted by molar-refractivity contribution is 6.04. The number of nitrogens with zero attached hydrogens (tertiary/aromatic N) is 2. The lowest BCUT2D eigenvalue weighted by Crippen LogP contribution is -2.17. The number of hydrogen-bond donors (Lipinski definition) is 1. The van der Waals surface area contributed by atoms with Gasteiger partial charge in [-0.25, -0.2) is 4.68 Å². The molecule has 1 fully saturated rings. The van der Waals surface area contributed by atoms with Crippen molar-refractivity contribution < 1.29 is 4.79 Å². The van der Waals surface area contributed by atoms with E-state index in [-0.39, 0.29) is 5.91 Å². The predicted molar refractivity (Wildman–Crippen MR) is 99.3 cm³/mol. The summed E-state index contributed by atoms with van der Waals surface area (Å²) in [5, 5.41) is 7.76. The van der Waals surface area contributed by atoms with Crippen molar-refractivity contribution in [2.45, 2.75) is 32.1 Å². The van der Waals surface area contributed by atoms with Gasteiger partial charge in [-0.15, -0.1) is 0 Å². The van der Waals surface area contributed by atoms with Crippen LogP contribution in [0.2, 0.25) is 0 Å². The lowest BCUT2D eigenvalue weighted by Gasteiger charge is -2.11. The number of nitrogens with one attached hydrogen (secondary N) is 1. The minimum Gasteiger partial charge on any atom is -0.320 e. The second-order valence-electron chi connectivity index (χ2n) is 6.44. The topological polar surface area (TPSA) is 46.9 Å². The number of carbonyl (C=O) groups is 1. The molecule has 4 rings (SSSR count). The van der Waals surface area contributed by atoms with E-state index in [4.69, 9.17) is 5.10 Å². The number of rotatable bonds is 5. The molecule has 1 aliphatic carbocycles. The van der Waals surface area contributed by atoms with Gasteiger partial charge in [0.25, 0.3) is 5.91 Å². The molecule has 0 bridgehead atoms. The number of amides is 1. The number of aryl methyl sites for hydroxylation is 1. The van der Waals surface area contributed by atoms with Gasteiger partial charge >= 0.3 is 0 Å². The quantitative estimate of drug-likeness (QED) is 0.745. The Kier molecular flexibility index (Phi) is 4.10. The third-order valence-electron chi connectivity index (χ3n) is 4.60. The number of hydrogen-bond acceptors (Lipinski definition) is 2. The lowest BCUT2D eigenvalue weighted by molar-refractivity contribution is 0.101. The van der Waals surface area contributed by atoms with E-state index in [0.717, 1.165) is 41.9 Å². The van der Waals surface area contributed by atoms with E-state index in [9.17, 15) is 4.79 Å².